The average molecular weight is 485 g/mol. The molecule has 8 heteroatoms. The molecule has 3 aromatic carbocycles. The molecule has 0 aliphatic heterocycles. The minimum atomic E-state index is -4.54. The third-order valence-electron chi connectivity index (χ3n) is 5.79. The van der Waals surface area contributed by atoms with Crippen molar-refractivity contribution < 1.29 is 31.1 Å². The molecule has 1 unspecified atom stereocenters. The second-order valence-electron chi connectivity index (χ2n) is 8.18. The molecule has 1 aliphatic rings. The molecule has 0 saturated heterocycles. The number of fused-ring (bicyclic) bond motifs is 1. The highest BCUT2D eigenvalue weighted by molar-refractivity contribution is 6.30. The molecule has 0 amide bonds. The van der Waals surface area contributed by atoms with Gasteiger partial charge in [0.25, 0.3) is 0 Å². The molecule has 0 saturated carbocycles. The number of hydrogen-bond donors (Lipinski definition) is 0. The predicted molar refractivity (Wildman–Crippen MR) is 113 cm³/mol. The zero-order valence-electron chi connectivity index (χ0n) is 17.5. The Morgan fingerprint density at radius 1 is 0.848 bits per heavy atom. The molecule has 0 heterocycles. The number of halogens is 7. The number of rotatable bonds is 6. The van der Waals surface area contributed by atoms with Gasteiger partial charge in [0.15, 0.2) is 0 Å². The Labute approximate surface area is 192 Å². The molecule has 1 nitrogen and oxygen atoms in total. The van der Waals surface area contributed by atoms with Crippen LogP contribution in [0.25, 0.3) is 11.1 Å². The Bertz CT molecular complexity index is 1160. The molecule has 0 aromatic heterocycles. The summed E-state index contributed by atoms with van der Waals surface area (Å²) >= 11 is 5.31. The van der Waals surface area contributed by atoms with Gasteiger partial charge in [-0.05, 0) is 53.1 Å². The number of benzene rings is 3. The van der Waals surface area contributed by atoms with E-state index in [1.165, 1.54) is 5.56 Å². The summed E-state index contributed by atoms with van der Waals surface area (Å²) in [5.41, 5.74) is 1.19. The van der Waals surface area contributed by atoms with E-state index < -0.39 is 45.7 Å². The smallest absolute Gasteiger partial charge is 0.429 e. The van der Waals surface area contributed by atoms with E-state index in [0.29, 0.717) is 23.6 Å². The predicted octanol–water partition coefficient (Wildman–Crippen LogP) is 8.21. The largest absolute Gasteiger partial charge is 0.432 e. The third kappa shape index (κ3) is 4.69. The Morgan fingerprint density at radius 2 is 1.45 bits per heavy atom. The van der Waals surface area contributed by atoms with Crippen LogP contribution in [0.15, 0.2) is 42.5 Å². The second-order valence-corrected chi connectivity index (χ2v) is 8.56. The fourth-order valence-corrected chi connectivity index (χ4v) is 4.42. The zero-order chi connectivity index (χ0) is 23.9. The Kier molecular flexibility index (Phi) is 6.36. The summed E-state index contributed by atoms with van der Waals surface area (Å²) in [6.45, 7) is 2.11. The van der Waals surface area contributed by atoms with E-state index >= 15 is 0 Å². The van der Waals surface area contributed by atoms with Crippen LogP contribution in [0.5, 0.6) is 5.75 Å². The molecule has 0 bridgehead atoms. The van der Waals surface area contributed by atoms with Gasteiger partial charge in [-0.1, -0.05) is 49.6 Å². The zero-order valence-corrected chi connectivity index (χ0v) is 18.3. The average Bonchev–Trinajstić information content (AvgIpc) is 3.12. The molecule has 174 valence electrons. The first-order chi connectivity index (χ1) is 15.6. The van der Waals surface area contributed by atoms with Crippen LogP contribution in [-0.2, 0) is 19.0 Å². The summed E-state index contributed by atoms with van der Waals surface area (Å²) in [5, 5.41) is -0.914. The lowest BCUT2D eigenvalue weighted by Crippen LogP contribution is -2.25. The van der Waals surface area contributed by atoms with E-state index in [9.17, 15) is 26.3 Å². The monoisotopic (exact) mass is 484 g/mol. The van der Waals surface area contributed by atoms with Crippen molar-refractivity contribution in [3.8, 4) is 16.9 Å². The van der Waals surface area contributed by atoms with Crippen molar-refractivity contribution in [2.75, 3.05) is 0 Å². The summed E-state index contributed by atoms with van der Waals surface area (Å²) in [5.74, 6) is -6.24. The van der Waals surface area contributed by atoms with E-state index in [1.807, 2.05) is 12.1 Å². The topological polar surface area (TPSA) is 9.23 Å². The van der Waals surface area contributed by atoms with Crippen LogP contribution in [0, 0.1) is 29.2 Å². The van der Waals surface area contributed by atoms with Gasteiger partial charge in [0.2, 0.25) is 0 Å². The van der Waals surface area contributed by atoms with Crippen LogP contribution in [0.3, 0.4) is 0 Å². The number of hydrogen-bond acceptors (Lipinski definition) is 1. The van der Waals surface area contributed by atoms with Gasteiger partial charge < -0.3 is 4.74 Å². The third-order valence-corrected chi connectivity index (χ3v) is 6.15. The van der Waals surface area contributed by atoms with Gasteiger partial charge in [-0.3, -0.25) is 0 Å². The maximum atomic E-state index is 14.7. The molecule has 1 atom stereocenters. The molecule has 0 fully saturated rings. The fraction of sp³-hybridized carbons (Fsp3) is 0.280. The first-order valence-corrected chi connectivity index (χ1v) is 10.8. The molecule has 1 aliphatic carbocycles. The van der Waals surface area contributed by atoms with E-state index in [0.717, 1.165) is 43.4 Å². The lowest BCUT2D eigenvalue weighted by molar-refractivity contribution is -0.189. The van der Waals surface area contributed by atoms with Crippen molar-refractivity contribution in [1.82, 2.24) is 0 Å². The van der Waals surface area contributed by atoms with Crippen molar-refractivity contribution in [3.63, 3.8) is 0 Å². The summed E-state index contributed by atoms with van der Waals surface area (Å²) in [6, 6.07) is 7.81. The summed E-state index contributed by atoms with van der Waals surface area (Å²) < 4.78 is 89.8. The molecule has 3 aromatic rings. The van der Waals surface area contributed by atoms with Gasteiger partial charge in [0, 0.05) is 12.1 Å². The van der Waals surface area contributed by atoms with Crippen molar-refractivity contribution in [2.45, 2.75) is 38.7 Å². The van der Waals surface area contributed by atoms with Crippen LogP contribution < -0.4 is 4.74 Å². The van der Waals surface area contributed by atoms with Gasteiger partial charge in [0.1, 0.15) is 39.6 Å². The first kappa shape index (κ1) is 23.5. The first-order valence-electron chi connectivity index (χ1n) is 10.4. The standard InChI is InChI=1S/C25H19ClF6O/c1-2-3-13-6-14-4-5-15(8-16(14)7-13)17-9-19(27)23(20(28)10-17)25(31,32)33-18-11-21(29)24(26)22(30)12-18/h4-5,8-13H,2-3,6-7H2,1H3. The summed E-state index contributed by atoms with van der Waals surface area (Å²) in [6.07, 6.45) is -0.584. The van der Waals surface area contributed by atoms with Crippen molar-refractivity contribution in [2.24, 2.45) is 5.92 Å². The highest BCUT2D eigenvalue weighted by Crippen LogP contribution is 2.39. The quantitative estimate of drug-likeness (QED) is 0.253. The molecular formula is C25H19ClF6O. The van der Waals surface area contributed by atoms with Gasteiger partial charge in [-0.25, -0.2) is 17.6 Å². The van der Waals surface area contributed by atoms with E-state index in [-0.39, 0.29) is 5.56 Å². The Morgan fingerprint density at radius 3 is 2.06 bits per heavy atom. The van der Waals surface area contributed by atoms with Gasteiger partial charge in [-0.2, -0.15) is 8.78 Å². The number of ether oxygens (including phenoxy) is 1. The van der Waals surface area contributed by atoms with Crippen LogP contribution >= 0.6 is 11.6 Å². The SMILES string of the molecule is CCCC1Cc2ccc(-c3cc(F)c(C(F)(F)Oc4cc(F)c(Cl)c(F)c4)c(F)c3)cc2C1. The van der Waals surface area contributed by atoms with Crippen molar-refractivity contribution >= 4 is 11.6 Å². The van der Waals surface area contributed by atoms with Crippen molar-refractivity contribution in [1.29, 1.82) is 0 Å². The normalized spacial score (nSPS) is 15.6. The molecule has 4 rings (SSSR count). The van der Waals surface area contributed by atoms with E-state index in [1.54, 1.807) is 6.07 Å². The molecule has 33 heavy (non-hydrogen) atoms. The van der Waals surface area contributed by atoms with E-state index in [2.05, 4.69) is 11.7 Å². The molecule has 0 spiro atoms. The maximum Gasteiger partial charge on any atom is 0.432 e. The van der Waals surface area contributed by atoms with Gasteiger partial charge >= 0.3 is 6.11 Å². The number of alkyl halides is 2. The van der Waals surface area contributed by atoms with Crippen molar-refractivity contribution in [3.05, 3.63) is 87.4 Å². The van der Waals surface area contributed by atoms with E-state index in [4.69, 9.17) is 11.6 Å². The van der Waals surface area contributed by atoms with Gasteiger partial charge in [0.05, 0.1) is 0 Å². The van der Waals surface area contributed by atoms with Crippen LogP contribution in [0.2, 0.25) is 5.02 Å². The minimum absolute atomic E-state index is 0.0925. The van der Waals surface area contributed by atoms with Crippen LogP contribution in [0.4, 0.5) is 26.3 Å². The molecule has 0 radical (unpaired) electrons. The lowest BCUT2D eigenvalue weighted by atomic mass is 9.98. The summed E-state index contributed by atoms with van der Waals surface area (Å²) in [7, 11) is 0. The fourth-order valence-electron chi connectivity index (χ4n) is 4.31. The summed E-state index contributed by atoms with van der Waals surface area (Å²) in [4.78, 5) is 0. The van der Waals surface area contributed by atoms with Crippen LogP contribution in [0.1, 0.15) is 36.5 Å². The van der Waals surface area contributed by atoms with Gasteiger partial charge in [-0.15, -0.1) is 0 Å². The minimum Gasteiger partial charge on any atom is -0.429 e. The van der Waals surface area contributed by atoms with Crippen LogP contribution in [-0.4, -0.2) is 0 Å². The lowest BCUT2D eigenvalue weighted by Gasteiger charge is -2.20. The second kappa shape index (κ2) is 8.93. The Balaban J connectivity index is 1.63. The highest BCUT2D eigenvalue weighted by Gasteiger charge is 2.41. The Hall–Kier alpha value is -2.67. The molecular weight excluding hydrogens is 466 g/mol. The molecule has 0 N–H and O–H groups in total. The maximum absolute atomic E-state index is 14.7. The highest BCUT2D eigenvalue weighted by atomic mass is 35.5.